The summed E-state index contributed by atoms with van der Waals surface area (Å²) in [6.07, 6.45) is 2.41. The topological polar surface area (TPSA) is 62.2 Å². The molecule has 138 valence electrons. The fourth-order valence-corrected chi connectivity index (χ4v) is 4.17. The number of hydrogen-bond donors (Lipinski definition) is 2. The Morgan fingerprint density at radius 1 is 1.23 bits per heavy atom. The molecule has 4 rings (SSSR count). The highest BCUT2D eigenvalue weighted by atomic mass is 35.5. The van der Waals surface area contributed by atoms with Crippen LogP contribution >= 0.6 is 11.6 Å². The van der Waals surface area contributed by atoms with Gasteiger partial charge in [-0.25, -0.2) is 0 Å². The Labute approximate surface area is 158 Å². The maximum atomic E-state index is 12.7. The highest BCUT2D eigenvalue weighted by Gasteiger charge is 2.44. The van der Waals surface area contributed by atoms with E-state index in [2.05, 4.69) is 27.6 Å². The summed E-state index contributed by atoms with van der Waals surface area (Å²) in [6, 6.07) is 7.87. The van der Waals surface area contributed by atoms with Crippen LogP contribution in [0.4, 0.5) is 11.4 Å². The number of aromatic nitrogens is 2. The molecular weight excluding hydrogens is 350 g/mol. The number of para-hydroxylation sites is 2. The van der Waals surface area contributed by atoms with Crippen LogP contribution in [0.2, 0.25) is 5.15 Å². The maximum absolute atomic E-state index is 12.7. The predicted octanol–water partition coefficient (Wildman–Crippen LogP) is 3.03. The van der Waals surface area contributed by atoms with Gasteiger partial charge in [0.15, 0.2) is 0 Å². The standard InChI is InChI=1S/C19H24ClN5O/c1-3-14-13(17(20)24(2)23-14)12-25-10-8-19(9-11-25)18(26)21-15-6-4-5-7-16(15)22-19/h4-7,22H,3,8-12H2,1-2H3,(H,21,26). The number of halogens is 1. The summed E-state index contributed by atoms with van der Waals surface area (Å²) in [4.78, 5) is 15.1. The lowest BCUT2D eigenvalue weighted by Gasteiger charge is -2.44. The van der Waals surface area contributed by atoms with Gasteiger partial charge in [-0.3, -0.25) is 14.4 Å². The van der Waals surface area contributed by atoms with Crippen LogP contribution in [-0.2, 0) is 24.8 Å². The van der Waals surface area contributed by atoms with E-state index in [1.54, 1.807) is 4.68 Å². The third kappa shape index (κ3) is 2.87. The molecule has 3 heterocycles. The van der Waals surface area contributed by atoms with Crippen molar-refractivity contribution in [1.82, 2.24) is 14.7 Å². The molecule has 0 atom stereocenters. The molecule has 1 fully saturated rings. The normalized spacial score (nSPS) is 19.1. The van der Waals surface area contributed by atoms with Gasteiger partial charge in [0.25, 0.3) is 0 Å². The molecule has 1 aromatic carbocycles. The minimum absolute atomic E-state index is 0.0736. The molecule has 1 saturated heterocycles. The van der Waals surface area contributed by atoms with Gasteiger partial charge in [-0.05, 0) is 31.4 Å². The van der Waals surface area contributed by atoms with Crippen LogP contribution in [0.1, 0.15) is 31.0 Å². The number of nitrogens with one attached hydrogen (secondary N) is 2. The molecule has 1 aromatic heterocycles. The zero-order chi connectivity index (χ0) is 18.3. The number of anilines is 2. The van der Waals surface area contributed by atoms with E-state index in [0.717, 1.165) is 61.5 Å². The molecule has 1 amide bonds. The molecule has 1 spiro atoms. The van der Waals surface area contributed by atoms with E-state index in [1.165, 1.54) is 0 Å². The minimum atomic E-state index is -0.517. The predicted molar refractivity (Wildman–Crippen MR) is 104 cm³/mol. The molecule has 0 radical (unpaired) electrons. The fourth-order valence-electron chi connectivity index (χ4n) is 3.97. The third-order valence-corrected chi connectivity index (χ3v) is 6.04. The summed E-state index contributed by atoms with van der Waals surface area (Å²) in [5.41, 5.74) is 3.51. The monoisotopic (exact) mass is 373 g/mol. The van der Waals surface area contributed by atoms with E-state index in [9.17, 15) is 4.79 Å². The van der Waals surface area contributed by atoms with E-state index < -0.39 is 5.54 Å². The first-order chi connectivity index (χ1) is 12.5. The van der Waals surface area contributed by atoms with Gasteiger partial charge in [0.1, 0.15) is 10.7 Å². The van der Waals surface area contributed by atoms with E-state index >= 15 is 0 Å². The second kappa shape index (κ2) is 6.59. The molecule has 6 nitrogen and oxygen atoms in total. The Balaban J connectivity index is 1.47. The van der Waals surface area contributed by atoms with Gasteiger partial charge in [0.2, 0.25) is 5.91 Å². The first-order valence-electron chi connectivity index (χ1n) is 9.13. The number of aryl methyl sites for hydroxylation is 2. The highest BCUT2D eigenvalue weighted by Crippen LogP contribution is 2.36. The summed E-state index contributed by atoms with van der Waals surface area (Å²) in [7, 11) is 1.88. The number of fused-ring (bicyclic) bond motifs is 1. The zero-order valence-corrected chi connectivity index (χ0v) is 15.9. The van der Waals surface area contributed by atoms with Crippen molar-refractivity contribution in [3.63, 3.8) is 0 Å². The fraction of sp³-hybridized carbons (Fsp3) is 0.474. The van der Waals surface area contributed by atoms with Crippen molar-refractivity contribution in [1.29, 1.82) is 0 Å². The van der Waals surface area contributed by atoms with Crippen molar-refractivity contribution in [3.05, 3.63) is 40.7 Å². The molecule has 0 bridgehead atoms. The van der Waals surface area contributed by atoms with Crippen molar-refractivity contribution < 1.29 is 4.79 Å². The Kier molecular flexibility index (Phi) is 4.40. The van der Waals surface area contributed by atoms with Crippen molar-refractivity contribution >= 4 is 28.9 Å². The van der Waals surface area contributed by atoms with Crippen LogP contribution in [0, 0.1) is 0 Å². The van der Waals surface area contributed by atoms with Crippen molar-refractivity contribution in [2.75, 3.05) is 23.7 Å². The maximum Gasteiger partial charge on any atom is 0.250 e. The van der Waals surface area contributed by atoms with Gasteiger partial charge >= 0.3 is 0 Å². The SMILES string of the molecule is CCc1nn(C)c(Cl)c1CN1CCC2(CC1)Nc1ccccc1NC2=O. The van der Waals surface area contributed by atoms with Crippen LogP contribution in [-0.4, -0.2) is 39.2 Å². The van der Waals surface area contributed by atoms with Crippen LogP contribution in [0.25, 0.3) is 0 Å². The Morgan fingerprint density at radius 2 is 1.92 bits per heavy atom. The molecule has 0 unspecified atom stereocenters. The summed E-state index contributed by atoms with van der Waals surface area (Å²) >= 11 is 6.43. The molecule has 2 aliphatic heterocycles. The number of carbonyl (C=O) groups is 1. The van der Waals surface area contributed by atoms with Gasteiger partial charge in [0, 0.05) is 32.2 Å². The molecule has 26 heavy (non-hydrogen) atoms. The second-order valence-electron chi connectivity index (χ2n) is 7.18. The molecule has 2 aliphatic rings. The number of likely N-dealkylation sites (tertiary alicyclic amines) is 1. The van der Waals surface area contributed by atoms with E-state index in [1.807, 2.05) is 31.3 Å². The van der Waals surface area contributed by atoms with Gasteiger partial charge in [-0.2, -0.15) is 5.10 Å². The van der Waals surface area contributed by atoms with Gasteiger partial charge in [0.05, 0.1) is 17.1 Å². The van der Waals surface area contributed by atoms with Crippen molar-refractivity contribution in [2.24, 2.45) is 7.05 Å². The van der Waals surface area contributed by atoms with Gasteiger partial charge < -0.3 is 10.6 Å². The highest BCUT2D eigenvalue weighted by molar-refractivity contribution is 6.30. The van der Waals surface area contributed by atoms with Crippen molar-refractivity contribution in [3.8, 4) is 0 Å². The van der Waals surface area contributed by atoms with Gasteiger partial charge in [-0.15, -0.1) is 0 Å². The van der Waals surface area contributed by atoms with Gasteiger partial charge in [-0.1, -0.05) is 30.7 Å². The molecule has 2 aromatic rings. The largest absolute Gasteiger partial charge is 0.369 e. The van der Waals surface area contributed by atoms with E-state index in [4.69, 9.17) is 11.6 Å². The molecule has 0 saturated carbocycles. The smallest absolute Gasteiger partial charge is 0.250 e. The second-order valence-corrected chi connectivity index (χ2v) is 7.53. The lowest BCUT2D eigenvalue weighted by molar-refractivity contribution is -0.122. The average molecular weight is 374 g/mol. The first-order valence-corrected chi connectivity index (χ1v) is 9.51. The zero-order valence-electron chi connectivity index (χ0n) is 15.2. The number of benzene rings is 1. The molecular formula is C19H24ClN5O. The van der Waals surface area contributed by atoms with Crippen LogP contribution in [0.15, 0.2) is 24.3 Å². The molecule has 7 heteroatoms. The Bertz CT molecular complexity index is 838. The molecule has 0 aliphatic carbocycles. The number of carbonyl (C=O) groups excluding carboxylic acids is 1. The molecule has 2 N–H and O–H groups in total. The Hall–Kier alpha value is -2.05. The quantitative estimate of drug-likeness (QED) is 0.868. The summed E-state index contributed by atoms with van der Waals surface area (Å²) in [5.74, 6) is 0.0736. The number of piperidine rings is 1. The number of nitrogens with zero attached hydrogens (tertiary/aromatic N) is 3. The summed E-state index contributed by atoms with van der Waals surface area (Å²) in [6.45, 7) is 4.57. The van der Waals surface area contributed by atoms with E-state index in [-0.39, 0.29) is 5.91 Å². The summed E-state index contributed by atoms with van der Waals surface area (Å²) < 4.78 is 1.74. The van der Waals surface area contributed by atoms with E-state index in [0.29, 0.717) is 5.15 Å². The minimum Gasteiger partial charge on any atom is -0.369 e. The number of amides is 1. The third-order valence-electron chi connectivity index (χ3n) is 5.56. The average Bonchev–Trinajstić information content (AvgIpc) is 2.92. The lowest BCUT2D eigenvalue weighted by Crippen LogP contribution is -2.58. The Morgan fingerprint density at radius 3 is 2.62 bits per heavy atom. The van der Waals surface area contributed by atoms with Crippen LogP contribution in [0.5, 0.6) is 0 Å². The number of rotatable bonds is 3. The lowest BCUT2D eigenvalue weighted by atomic mass is 9.84. The summed E-state index contributed by atoms with van der Waals surface area (Å²) in [5, 5.41) is 11.8. The van der Waals surface area contributed by atoms with Crippen LogP contribution in [0.3, 0.4) is 0 Å². The van der Waals surface area contributed by atoms with Crippen LogP contribution < -0.4 is 10.6 Å². The first kappa shape index (κ1) is 17.4. The number of hydrogen-bond acceptors (Lipinski definition) is 4. The van der Waals surface area contributed by atoms with Crippen molar-refractivity contribution in [2.45, 2.75) is 38.3 Å².